The van der Waals surface area contributed by atoms with Crippen LogP contribution in [0.25, 0.3) is 5.69 Å². The van der Waals surface area contributed by atoms with Crippen LogP contribution in [0.4, 0.5) is 5.69 Å². The number of anilines is 1. The van der Waals surface area contributed by atoms with Gasteiger partial charge in [-0.05, 0) is 24.6 Å². The first-order valence-corrected chi connectivity index (χ1v) is 7.86. The molecule has 1 N–H and O–H groups in total. The number of hydrogen-bond donors (Lipinski definition) is 1. The zero-order valence-electron chi connectivity index (χ0n) is 10.2. The molecule has 1 fully saturated rings. The molecule has 1 aromatic carbocycles. The van der Waals surface area contributed by atoms with Crippen LogP contribution in [-0.4, -0.2) is 40.7 Å². The lowest BCUT2D eigenvalue weighted by atomic mass is 10.2. The van der Waals surface area contributed by atoms with Crippen LogP contribution in [0.1, 0.15) is 6.42 Å². The SMILES string of the molecule is O=S1(=O)CCC(Nc2cccc(-n3cnnc3)c2)C1. The minimum atomic E-state index is -2.86. The predicted molar refractivity (Wildman–Crippen MR) is 72.0 cm³/mol. The Morgan fingerprint density at radius 2 is 2.05 bits per heavy atom. The molecule has 0 aliphatic carbocycles. The molecule has 1 atom stereocenters. The molecule has 2 heterocycles. The lowest BCUT2D eigenvalue weighted by molar-refractivity contribution is 0.602. The van der Waals surface area contributed by atoms with Crippen molar-refractivity contribution < 1.29 is 8.42 Å². The first kappa shape index (κ1) is 12.2. The molecule has 1 saturated heterocycles. The van der Waals surface area contributed by atoms with Gasteiger partial charge in [0.2, 0.25) is 0 Å². The molecule has 1 aliphatic heterocycles. The number of sulfone groups is 1. The van der Waals surface area contributed by atoms with E-state index in [4.69, 9.17) is 0 Å². The summed E-state index contributed by atoms with van der Waals surface area (Å²) >= 11 is 0. The van der Waals surface area contributed by atoms with Gasteiger partial charge in [-0.2, -0.15) is 0 Å². The minimum absolute atomic E-state index is 0.00108. The number of nitrogens with one attached hydrogen (secondary N) is 1. The second kappa shape index (κ2) is 4.65. The van der Waals surface area contributed by atoms with E-state index < -0.39 is 9.84 Å². The van der Waals surface area contributed by atoms with Gasteiger partial charge < -0.3 is 5.32 Å². The summed E-state index contributed by atoms with van der Waals surface area (Å²) in [6, 6.07) is 7.75. The van der Waals surface area contributed by atoms with Crippen molar-refractivity contribution in [3.05, 3.63) is 36.9 Å². The van der Waals surface area contributed by atoms with Crippen molar-refractivity contribution in [3.63, 3.8) is 0 Å². The Morgan fingerprint density at radius 1 is 1.26 bits per heavy atom. The van der Waals surface area contributed by atoms with Gasteiger partial charge in [-0.25, -0.2) is 8.42 Å². The van der Waals surface area contributed by atoms with Gasteiger partial charge >= 0.3 is 0 Å². The van der Waals surface area contributed by atoms with E-state index in [-0.39, 0.29) is 17.5 Å². The summed E-state index contributed by atoms with van der Waals surface area (Å²) < 4.78 is 24.7. The summed E-state index contributed by atoms with van der Waals surface area (Å²) in [5.41, 5.74) is 1.85. The van der Waals surface area contributed by atoms with E-state index in [2.05, 4.69) is 15.5 Å². The molecule has 1 unspecified atom stereocenters. The fourth-order valence-corrected chi connectivity index (χ4v) is 3.91. The van der Waals surface area contributed by atoms with Gasteiger partial charge in [-0.15, -0.1) is 10.2 Å². The molecule has 0 radical (unpaired) electrons. The maximum Gasteiger partial charge on any atom is 0.152 e. The van der Waals surface area contributed by atoms with Crippen molar-refractivity contribution in [1.29, 1.82) is 0 Å². The third-order valence-corrected chi connectivity index (χ3v) is 4.93. The van der Waals surface area contributed by atoms with E-state index >= 15 is 0 Å². The standard InChI is InChI=1S/C12H14N4O2S/c17-19(18)5-4-11(7-19)15-10-2-1-3-12(6-10)16-8-13-14-9-16/h1-3,6,8-9,11,15H,4-5,7H2. The monoisotopic (exact) mass is 278 g/mol. The van der Waals surface area contributed by atoms with Crippen molar-refractivity contribution in [2.45, 2.75) is 12.5 Å². The maximum atomic E-state index is 11.4. The fourth-order valence-electron chi connectivity index (χ4n) is 2.23. The molecular formula is C12H14N4O2S. The molecular weight excluding hydrogens is 264 g/mol. The smallest absolute Gasteiger partial charge is 0.152 e. The van der Waals surface area contributed by atoms with Crippen LogP contribution in [0.3, 0.4) is 0 Å². The molecule has 7 heteroatoms. The van der Waals surface area contributed by atoms with Crippen molar-refractivity contribution in [2.24, 2.45) is 0 Å². The second-order valence-corrected chi connectivity index (χ2v) is 6.89. The Hall–Kier alpha value is -1.89. The van der Waals surface area contributed by atoms with Crippen LogP contribution in [-0.2, 0) is 9.84 Å². The third-order valence-electron chi connectivity index (χ3n) is 3.17. The summed E-state index contributed by atoms with van der Waals surface area (Å²) in [6.45, 7) is 0. The van der Waals surface area contributed by atoms with E-state index in [1.807, 2.05) is 24.3 Å². The van der Waals surface area contributed by atoms with Gasteiger partial charge in [0.15, 0.2) is 9.84 Å². The third kappa shape index (κ3) is 2.76. The zero-order valence-corrected chi connectivity index (χ0v) is 11.0. The van der Waals surface area contributed by atoms with Crippen LogP contribution in [0.5, 0.6) is 0 Å². The molecule has 0 spiro atoms. The van der Waals surface area contributed by atoms with Crippen LogP contribution in [0.15, 0.2) is 36.9 Å². The molecule has 6 nitrogen and oxygen atoms in total. The minimum Gasteiger partial charge on any atom is -0.381 e. The highest BCUT2D eigenvalue weighted by Crippen LogP contribution is 2.19. The summed E-state index contributed by atoms with van der Waals surface area (Å²) in [5, 5.41) is 10.8. The van der Waals surface area contributed by atoms with Crippen LogP contribution in [0, 0.1) is 0 Å². The number of aromatic nitrogens is 3. The van der Waals surface area contributed by atoms with Gasteiger partial charge in [0.05, 0.1) is 17.2 Å². The highest BCUT2D eigenvalue weighted by Gasteiger charge is 2.27. The van der Waals surface area contributed by atoms with Crippen molar-refractivity contribution in [1.82, 2.24) is 14.8 Å². The van der Waals surface area contributed by atoms with Crippen LogP contribution < -0.4 is 5.32 Å². The Balaban J connectivity index is 1.77. The first-order chi connectivity index (χ1) is 9.12. The summed E-state index contributed by atoms with van der Waals surface area (Å²) in [4.78, 5) is 0. The molecule has 1 aliphatic rings. The summed E-state index contributed by atoms with van der Waals surface area (Å²) in [5.74, 6) is 0.486. The Bertz CT molecular complexity index is 667. The lowest BCUT2D eigenvalue weighted by Gasteiger charge is -2.13. The van der Waals surface area contributed by atoms with E-state index in [1.54, 1.807) is 17.2 Å². The Labute approximate surface area is 111 Å². The average Bonchev–Trinajstić information content (AvgIpc) is 2.99. The van der Waals surface area contributed by atoms with Gasteiger partial charge in [-0.1, -0.05) is 6.07 Å². The molecule has 1 aromatic heterocycles. The quantitative estimate of drug-likeness (QED) is 0.901. The van der Waals surface area contributed by atoms with Crippen molar-refractivity contribution in [2.75, 3.05) is 16.8 Å². The Morgan fingerprint density at radius 3 is 2.74 bits per heavy atom. The van der Waals surface area contributed by atoms with E-state index in [0.29, 0.717) is 6.42 Å². The molecule has 0 amide bonds. The van der Waals surface area contributed by atoms with Crippen LogP contribution >= 0.6 is 0 Å². The lowest BCUT2D eigenvalue weighted by Crippen LogP contribution is -2.20. The number of benzene rings is 1. The molecule has 2 aromatic rings. The second-order valence-electron chi connectivity index (χ2n) is 4.66. The predicted octanol–water partition coefficient (Wildman–Crippen LogP) is 0.866. The van der Waals surface area contributed by atoms with Gasteiger partial charge in [-0.3, -0.25) is 4.57 Å². The highest BCUT2D eigenvalue weighted by molar-refractivity contribution is 7.91. The normalized spacial score (nSPS) is 21.4. The molecule has 0 saturated carbocycles. The van der Waals surface area contributed by atoms with Crippen LogP contribution in [0.2, 0.25) is 0 Å². The average molecular weight is 278 g/mol. The van der Waals surface area contributed by atoms with Crippen molar-refractivity contribution >= 4 is 15.5 Å². The molecule has 3 rings (SSSR count). The van der Waals surface area contributed by atoms with Gasteiger partial charge in [0.25, 0.3) is 0 Å². The molecule has 0 bridgehead atoms. The van der Waals surface area contributed by atoms with Gasteiger partial charge in [0.1, 0.15) is 12.7 Å². The summed E-state index contributed by atoms with van der Waals surface area (Å²) in [6.07, 6.45) is 3.91. The number of nitrogens with zero attached hydrogens (tertiary/aromatic N) is 3. The fraction of sp³-hybridized carbons (Fsp3) is 0.333. The molecule has 100 valence electrons. The topological polar surface area (TPSA) is 76.9 Å². The van der Waals surface area contributed by atoms with Gasteiger partial charge in [0, 0.05) is 11.7 Å². The van der Waals surface area contributed by atoms with E-state index in [9.17, 15) is 8.42 Å². The van der Waals surface area contributed by atoms with E-state index in [1.165, 1.54) is 0 Å². The molecule has 19 heavy (non-hydrogen) atoms. The maximum absolute atomic E-state index is 11.4. The first-order valence-electron chi connectivity index (χ1n) is 6.04. The largest absolute Gasteiger partial charge is 0.381 e. The number of rotatable bonds is 3. The van der Waals surface area contributed by atoms with E-state index in [0.717, 1.165) is 11.4 Å². The summed E-state index contributed by atoms with van der Waals surface area (Å²) in [7, 11) is -2.86. The van der Waals surface area contributed by atoms with Crippen molar-refractivity contribution in [3.8, 4) is 5.69 Å². The Kier molecular flexibility index (Phi) is 2.98. The number of hydrogen-bond acceptors (Lipinski definition) is 5. The highest BCUT2D eigenvalue weighted by atomic mass is 32.2. The zero-order chi connectivity index (χ0) is 13.3.